The van der Waals surface area contributed by atoms with Gasteiger partial charge in [0.15, 0.2) is 0 Å². The fourth-order valence-corrected chi connectivity index (χ4v) is 2.21. The summed E-state index contributed by atoms with van der Waals surface area (Å²) in [6.45, 7) is 1.83. The molecule has 1 aromatic heterocycles. The second-order valence-electron chi connectivity index (χ2n) is 4.81. The molecule has 3 rings (SSSR count). The van der Waals surface area contributed by atoms with Crippen LogP contribution in [-0.4, -0.2) is 9.91 Å². The van der Waals surface area contributed by atoms with Gasteiger partial charge in [-0.3, -0.25) is 15.1 Å². The van der Waals surface area contributed by atoms with Crippen molar-refractivity contribution in [3.8, 4) is 0 Å². The predicted octanol–water partition coefficient (Wildman–Crippen LogP) is 4.20. The third-order valence-corrected chi connectivity index (χ3v) is 3.23. The Kier molecular flexibility index (Phi) is 3.23. The van der Waals surface area contributed by atoms with Crippen LogP contribution in [0, 0.1) is 17.0 Å². The number of nitro benzene ring substituents is 1. The number of pyridine rings is 1. The summed E-state index contributed by atoms with van der Waals surface area (Å²) in [7, 11) is 0. The van der Waals surface area contributed by atoms with Crippen LogP contribution in [0.2, 0.25) is 0 Å². The van der Waals surface area contributed by atoms with Crippen molar-refractivity contribution in [1.29, 1.82) is 0 Å². The van der Waals surface area contributed by atoms with E-state index in [0.29, 0.717) is 5.69 Å². The number of benzene rings is 2. The number of nitro groups is 1. The summed E-state index contributed by atoms with van der Waals surface area (Å²) >= 11 is 0. The molecule has 0 spiro atoms. The normalized spacial score (nSPS) is 10.5. The first-order valence-corrected chi connectivity index (χ1v) is 6.50. The molecule has 0 aliphatic heterocycles. The molecule has 1 heterocycles. The van der Waals surface area contributed by atoms with Crippen LogP contribution >= 0.6 is 0 Å². The van der Waals surface area contributed by atoms with Crippen LogP contribution in [0.5, 0.6) is 0 Å². The Morgan fingerprint density at radius 1 is 1.14 bits per heavy atom. The molecular formula is C16H13N3O2. The van der Waals surface area contributed by atoms with Gasteiger partial charge in [0, 0.05) is 23.3 Å². The second kappa shape index (κ2) is 5.20. The van der Waals surface area contributed by atoms with E-state index in [1.165, 1.54) is 0 Å². The smallest absolute Gasteiger partial charge is 0.292 e. The number of anilines is 2. The molecule has 0 saturated carbocycles. The summed E-state index contributed by atoms with van der Waals surface area (Å²) in [5.74, 6) is 0. The molecule has 0 bridgehead atoms. The van der Waals surface area contributed by atoms with E-state index in [9.17, 15) is 10.1 Å². The lowest BCUT2D eigenvalue weighted by Crippen LogP contribution is -1.97. The first kappa shape index (κ1) is 13.1. The Morgan fingerprint density at radius 3 is 2.81 bits per heavy atom. The van der Waals surface area contributed by atoms with E-state index < -0.39 is 0 Å². The van der Waals surface area contributed by atoms with Crippen LogP contribution in [0.15, 0.2) is 54.7 Å². The fourth-order valence-electron chi connectivity index (χ4n) is 2.21. The van der Waals surface area contributed by atoms with Gasteiger partial charge in [0.1, 0.15) is 5.69 Å². The second-order valence-corrected chi connectivity index (χ2v) is 4.81. The quantitative estimate of drug-likeness (QED) is 0.576. The lowest BCUT2D eigenvalue weighted by atomic mass is 10.1. The number of hydrogen-bond acceptors (Lipinski definition) is 4. The molecule has 0 fully saturated rings. The fraction of sp³-hybridized carbons (Fsp3) is 0.0625. The van der Waals surface area contributed by atoms with E-state index in [1.54, 1.807) is 18.3 Å². The molecule has 0 aliphatic rings. The highest BCUT2D eigenvalue weighted by Gasteiger charge is 2.13. The molecule has 5 heteroatoms. The van der Waals surface area contributed by atoms with Crippen LogP contribution in [0.4, 0.5) is 17.1 Å². The topological polar surface area (TPSA) is 68.1 Å². The van der Waals surface area contributed by atoms with E-state index in [0.717, 1.165) is 22.2 Å². The largest absolute Gasteiger partial charge is 0.350 e. The third-order valence-electron chi connectivity index (χ3n) is 3.23. The minimum atomic E-state index is -0.377. The minimum Gasteiger partial charge on any atom is -0.350 e. The summed E-state index contributed by atoms with van der Waals surface area (Å²) in [4.78, 5) is 15.0. The van der Waals surface area contributed by atoms with Gasteiger partial charge < -0.3 is 5.32 Å². The van der Waals surface area contributed by atoms with E-state index in [1.807, 2.05) is 43.3 Å². The number of aryl methyl sites for hydroxylation is 1. The zero-order valence-electron chi connectivity index (χ0n) is 11.4. The number of hydrogen-bond donors (Lipinski definition) is 1. The molecule has 5 nitrogen and oxygen atoms in total. The standard InChI is InChI=1S/C16H13N3O2/c1-11-4-6-15(16(9-11)19(20)21)18-13-5-7-14-12(10-13)3-2-8-17-14/h2-10,18H,1H3. The Bertz CT molecular complexity index is 831. The highest BCUT2D eigenvalue weighted by molar-refractivity contribution is 5.84. The average Bonchev–Trinajstić information content (AvgIpc) is 2.49. The van der Waals surface area contributed by atoms with Gasteiger partial charge in [0.05, 0.1) is 10.4 Å². The maximum absolute atomic E-state index is 11.1. The maximum atomic E-state index is 11.1. The van der Waals surface area contributed by atoms with E-state index in [4.69, 9.17) is 0 Å². The number of aromatic nitrogens is 1. The lowest BCUT2D eigenvalue weighted by molar-refractivity contribution is -0.384. The zero-order chi connectivity index (χ0) is 14.8. The number of nitrogens with one attached hydrogen (secondary N) is 1. The van der Waals surface area contributed by atoms with Crippen molar-refractivity contribution < 1.29 is 4.92 Å². The minimum absolute atomic E-state index is 0.0706. The maximum Gasteiger partial charge on any atom is 0.292 e. The van der Waals surface area contributed by atoms with E-state index in [2.05, 4.69) is 10.3 Å². The van der Waals surface area contributed by atoms with Gasteiger partial charge in [-0.05, 0) is 42.8 Å². The van der Waals surface area contributed by atoms with Crippen LogP contribution < -0.4 is 5.32 Å². The highest BCUT2D eigenvalue weighted by Crippen LogP contribution is 2.29. The van der Waals surface area contributed by atoms with Crippen LogP contribution in [0.1, 0.15) is 5.56 Å². The lowest BCUT2D eigenvalue weighted by Gasteiger charge is -2.08. The molecule has 3 aromatic rings. The van der Waals surface area contributed by atoms with E-state index in [-0.39, 0.29) is 10.6 Å². The summed E-state index contributed by atoms with van der Waals surface area (Å²) in [5, 5.41) is 15.2. The summed E-state index contributed by atoms with van der Waals surface area (Å²) in [6, 6.07) is 14.6. The predicted molar refractivity (Wildman–Crippen MR) is 82.9 cm³/mol. The van der Waals surface area contributed by atoms with Gasteiger partial charge in [-0.25, -0.2) is 0 Å². The van der Waals surface area contributed by atoms with Gasteiger partial charge in [-0.2, -0.15) is 0 Å². The molecule has 0 radical (unpaired) electrons. The van der Waals surface area contributed by atoms with Crippen molar-refractivity contribution in [3.05, 3.63) is 70.4 Å². The Balaban J connectivity index is 2.00. The Labute approximate surface area is 121 Å². The van der Waals surface area contributed by atoms with Crippen molar-refractivity contribution in [2.75, 3.05) is 5.32 Å². The summed E-state index contributed by atoms with van der Waals surface area (Å²) in [5.41, 5.74) is 3.09. The molecule has 104 valence electrons. The summed E-state index contributed by atoms with van der Waals surface area (Å²) < 4.78 is 0. The summed E-state index contributed by atoms with van der Waals surface area (Å²) in [6.07, 6.45) is 1.74. The zero-order valence-corrected chi connectivity index (χ0v) is 11.4. The first-order chi connectivity index (χ1) is 10.1. The monoisotopic (exact) mass is 279 g/mol. The molecule has 1 N–H and O–H groups in total. The first-order valence-electron chi connectivity index (χ1n) is 6.50. The number of fused-ring (bicyclic) bond motifs is 1. The van der Waals surface area contributed by atoms with Crippen LogP contribution in [-0.2, 0) is 0 Å². The molecule has 0 saturated heterocycles. The van der Waals surface area contributed by atoms with Gasteiger partial charge >= 0.3 is 0 Å². The molecule has 0 atom stereocenters. The van der Waals surface area contributed by atoms with Gasteiger partial charge in [0.25, 0.3) is 5.69 Å². The van der Waals surface area contributed by atoms with Crippen molar-refractivity contribution >= 4 is 28.0 Å². The number of nitrogens with zero attached hydrogens (tertiary/aromatic N) is 2. The van der Waals surface area contributed by atoms with E-state index >= 15 is 0 Å². The van der Waals surface area contributed by atoms with Gasteiger partial charge in [0.2, 0.25) is 0 Å². The third kappa shape index (κ3) is 2.67. The molecule has 0 amide bonds. The molecule has 21 heavy (non-hydrogen) atoms. The SMILES string of the molecule is Cc1ccc(Nc2ccc3ncccc3c2)c([N+](=O)[O-])c1. The Morgan fingerprint density at radius 2 is 2.00 bits per heavy atom. The average molecular weight is 279 g/mol. The Hall–Kier alpha value is -2.95. The molecule has 0 unspecified atom stereocenters. The van der Waals surface area contributed by atoms with Crippen molar-refractivity contribution in [1.82, 2.24) is 4.98 Å². The molecular weight excluding hydrogens is 266 g/mol. The van der Waals surface area contributed by atoms with Crippen molar-refractivity contribution in [3.63, 3.8) is 0 Å². The molecule has 0 aliphatic carbocycles. The molecule has 2 aromatic carbocycles. The highest BCUT2D eigenvalue weighted by atomic mass is 16.6. The number of rotatable bonds is 3. The van der Waals surface area contributed by atoms with Crippen molar-refractivity contribution in [2.45, 2.75) is 6.92 Å². The van der Waals surface area contributed by atoms with Crippen molar-refractivity contribution in [2.24, 2.45) is 0 Å². The van der Waals surface area contributed by atoms with Crippen LogP contribution in [0.3, 0.4) is 0 Å². The van der Waals surface area contributed by atoms with Crippen LogP contribution in [0.25, 0.3) is 10.9 Å². The van der Waals surface area contributed by atoms with Gasteiger partial charge in [-0.1, -0.05) is 12.1 Å². The van der Waals surface area contributed by atoms with Gasteiger partial charge in [-0.15, -0.1) is 0 Å².